The molecule has 0 spiro atoms. The van der Waals surface area contributed by atoms with Crippen LogP contribution in [0.4, 0.5) is 0 Å². The van der Waals surface area contributed by atoms with E-state index in [9.17, 15) is 4.79 Å². The van der Waals surface area contributed by atoms with Crippen molar-refractivity contribution in [2.75, 3.05) is 6.61 Å². The maximum atomic E-state index is 10.9. The van der Waals surface area contributed by atoms with Crippen molar-refractivity contribution in [2.45, 2.75) is 31.9 Å². The lowest BCUT2D eigenvalue weighted by Crippen LogP contribution is -2.30. The molecule has 100 valence electrons. The summed E-state index contributed by atoms with van der Waals surface area (Å²) in [6, 6.07) is 4.86. The van der Waals surface area contributed by atoms with Gasteiger partial charge in [-0.15, -0.1) is 5.10 Å². The predicted octanol–water partition coefficient (Wildman–Crippen LogP) is 1.70. The molecule has 1 aliphatic heterocycles. The van der Waals surface area contributed by atoms with Crippen LogP contribution in [-0.4, -0.2) is 38.3 Å². The second kappa shape index (κ2) is 4.31. The van der Waals surface area contributed by atoms with Gasteiger partial charge in [0.05, 0.1) is 23.2 Å². The molecule has 0 bridgehead atoms. The van der Waals surface area contributed by atoms with Crippen LogP contribution in [0.5, 0.6) is 0 Å². The Morgan fingerprint density at radius 1 is 1.58 bits per heavy atom. The van der Waals surface area contributed by atoms with Crippen molar-refractivity contribution in [3.05, 3.63) is 23.8 Å². The largest absolute Gasteiger partial charge is 0.478 e. The van der Waals surface area contributed by atoms with Crippen molar-refractivity contribution in [1.29, 1.82) is 0 Å². The molecule has 3 rings (SSSR count). The fraction of sp³-hybridized carbons (Fsp3) is 0.462. The Kier molecular flexibility index (Phi) is 2.74. The molecule has 1 atom stereocenters. The first-order chi connectivity index (χ1) is 9.07. The number of hydrogen-bond donors (Lipinski definition) is 1. The van der Waals surface area contributed by atoms with Crippen LogP contribution in [0, 0.1) is 0 Å². The summed E-state index contributed by atoms with van der Waals surface area (Å²) in [5, 5.41) is 17.1. The number of carboxylic acids is 1. The van der Waals surface area contributed by atoms with Crippen LogP contribution in [0.3, 0.4) is 0 Å². The van der Waals surface area contributed by atoms with E-state index in [1.54, 1.807) is 22.9 Å². The number of benzene rings is 1. The highest BCUT2D eigenvalue weighted by Gasteiger charge is 2.31. The van der Waals surface area contributed by atoms with Gasteiger partial charge in [-0.25, -0.2) is 9.48 Å². The van der Waals surface area contributed by atoms with Crippen molar-refractivity contribution >= 4 is 17.0 Å². The van der Waals surface area contributed by atoms with E-state index in [0.29, 0.717) is 12.1 Å². The fourth-order valence-electron chi connectivity index (χ4n) is 2.50. The molecule has 1 aromatic heterocycles. The average molecular weight is 261 g/mol. The summed E-state index contributed by atoms with van der Waals surface area (Å²) < 4.78 is 7.53. The van der Waals surface area contributed by atoms with Crippen LogP contribution >= 0.6 is 0 Å². The number of aromatic nitrogens is 3. The van der Waals surface area contributed by atoms with Crippen molar-refractivity contribution < 1.29 is 14.6 Å². The highest BCUT2D eigenvalue weighted by molar-refractivity contribution is 5.92. The average Bonchev–Trinajstić information content (AvgIpc) is 2.97. The second-order valence-corrected chi connectivity index (χ2v) is 5.16. The maximum Gasteiger partial charge on any atom is 0.335 e. The standard InChI is InChI=1S/C13H15N3O3/c1-13(5-2-6-19-13)8-16-11-4-3-9(12(17)18)7-10(11)14-15-16/h3-4,7H,2,5-6,8H2,1H3,(H,17,18). The summed E-state index contributed by atoms with van der Waals surface area (Å²) in [6.07, 6.45) is 2.06. The van der Waals surface area contributed by atoms with E-state index in [0.717, 1.165) is 25.0 Å². The highest BCUT2D eigenvalue weighted by atomic mass is 16.5. The molecule has 0 aliphatic carbocycles. The molecule has 6 nitrogen and oxygen atoms in total. The molecule has 1 N–H and O–H groups in total. The summed E-state index contributed by atoms with van der Waals surface area (Å²) in [5.74, 6) is -0.956. The normalized spacial score (nSPS) is 23.0. The van der Waals surface area contributed by atoms with Crippen molar-refractivity contribution in [3.63, 3.8) is 0 Å². The SMILES string of the molecule is CC1(Cn2nnc3cc(C(=O)O)ccc32)CCCO1. The monoisotopic (exact) mass is 261 g/mol. The Morgan fingerprint density at radius 2 is 2.42 bits per heavy atom. The molecule has 1 aliphatic rings. The molecule has 1 saturated heterocycles. The lowest BCUT2D eigenvalue weighted by atomic mass is 10.0. The Balaban J connectivity index is 1.94. The lowest BCUT2D eigenvalue weighted by molar-refractivity contribution is 0.00415. The number of rotatable bonds is 3. The van der Waals surface area contributed by atoms with Gasteiger partial charge in [0.15, 0.2) is 0 Å². The number of nitrogens with zero attached hydrogens (tertiary/aromatic N) is 3. The van der Waals surface area contributed by atoms with Crippen molar-refractivity contribution in [2.24, 2.45) is 0 Å². The third-order valence-electron chi connectivity index (χ3n) is 3.55. The Labute approximate surface area is 110 Å². The smallest absolute Gasteiger partial charge is 0.335 e. The van der Waals surface area contributed by atoms with Gasteiger partial charge < -0.3 is 9.84 Å². The summed E-state index contributed by atoms with van der Waals surface area (Å²) >= 11 is 0. The summed E-state index contributed by atoms with van der Waals surface area (Å²) in [5.41, 5.74) is 1.46. The molecule has 6 heteroatoms. The highest BCUT2D eigenvalue weighted by Crippen LogP contribution is 2.27. The molecule has 0 amide bonds. The maximum absolute atomic E-state index is 10.9. The van der Waals surface area contributed by atoms with Gasteiger partial charge >= 0.3 is 5.97 Å². The second-order valence-electron chi connectivity index (χ2n) is 5.16. The molecular weight excluding hydrogens is 246 g/mol. The molecule has 0 saturated carbocycles. The molecular formula is C13H15N3O3. The van der Waals surface area contributed by atoms with Gasteiger partial charge in [0.2, 0.25) is 0 Å². The van der Waals surface area contributed by atoms with Gasteiger partial charge in [0, 0.05) is 6.61 Å². The van der Waals surface area contributed by atoms with Crippen LogP contribution in [0.2, 0.25) is 0 Å². The zero-order valence-corrected chi connectivity index (χ0v) is 10.7. The van der Waals surface area contributed by atoms with Crippen LogP contribution in [-0.2, 0) is 11.3 Å². The fourth-order valence-corrected chi connectivity index (χ4v) is 2.50. The minimum absolute atomic E-state index is 0.202. The Bertz CT molecular complexity index is 629. The Hall–Kier alpha value is -1.95. The van der Waals surface area contributed by atoms with Gasteiger partial charge in [-0.05, 0) is 38.0 Å². The number of fused-ring (bicyclic) bond motifs is 1. The lowest BCUT2D eigenvalue weighted by Gasteiger charge is -2.22. The van der Waals surface area contributed by atoms with E-state index in [1.807, 2.05) is 0 Å². The third kappa shape index (κ3) is 2.19. The van der Waals surface area contributed by atoms with Gasteiger partial charge in [0.1, 0.15) is 5.52 Å². The van der Waals surface area contributed by atoms with Gasteiger partial charge in [0.25, 0.3) is 0 Å². The van der Waals surface area contributed by atoms with Gasteiger partial charge in [-0.2, -0.15) is 0 Å². The van der Waals surface area contributed by atoms with E-state index in [-0.39, 0.29) is 11.2 Å². The van der Waals surface area contributed by atoms with Crippen molar-refractivity contribution in [1.82, 2.24) is 15.0 Å². The summed E-state index contributed by atoms with van der Waals surface area (Å²) in [7, 11) is 0. The first-order valence-electron chi connectivity index (χ1n) is 6.28. The van der Waals surface area contributed by atoms with Gasteiger partial charge in [-0.1, -0.05) is 5.21 Å². The third-order valence-corrected chi connectivity index (χ3v) is 3.55. The molecule has 2 aromatic rings. The van der Waals surface area contributed by atoms with E-state index in [1.165, 1.54) is 0 Å². The molecule has 1 fully saturated rings. The molecule has 0 radical (unpaired) electrons. The first-order valence-corrected chi connectivity index (χ1v) is 6.28. The van der Waals surface area contributed by atoms with E-state index < -0.39 is 5.97 Å². The summed E-state index contributed by atoms with van der Waals surface area (Å²) in [4.78, 5) is 10.9. The van der Waals surface area contributed by atoms with Crippen molar-refractivity contribution in [3.8, 4) is 0 Å². The number of aromatic carboxylic acids is 1. The van der Waals surface area contributed by atoms with Gasteiger partial charge in [-0.3, -0.25) is 0 Å². The molecule has 1 unspecified atom stereocenters. The number of hydrogen-bond acceptors (Lipinski definition) is 4. The summed E-state index contributed by atoms with van der Waals surface area (Å²) in [6.45, 7) is 3.49. The first kappa shape index (κ1) is 12.1. The van der Waals surface area contributed by atoms with Crippen LogP contribution in [0.1, 0.15) is 30.1 Å². The van der Waals surface area contributed by atoms with Crippen LogP contribution in [0.25, 0.3) is 11.0 Å². The minimum Gasteiger partial charge on any atom is -0.478 e. The number of carboxylic acid groups (broad SMARTS) is 1. The van der Waals surface area contributed by atoms with E-state index in [2.05, 4.69) is 17.2 Å². The topological polar surface area (TPSA) is 77.2 Å². The number of ether oxygens (including phenoxy) is 1. The predicted molar refractivity (Wildman–Crippen MR) is 68.1 cm³/mol. The molecule has 1 aromatic carbocycles. The zero-order valence-electron chi connectivity index (χ0n) is 10.7. The van der Waals surface area contributed by atoms with Crippen LogP contribution in [0.15, 0.2) is 18.2 Å². The van der Waals surface area contributed by atoms with Crippen LogP contribution < -0.4 is 0 Å². The molecule has 19 heavy (non-hydrogen) atoms. The zero-order chi connectivity index (χ0) is 13.5. The Morgan fingerprint density at radius 3 is 3.11 bits per heavy atom. The minimum atomic E-state index is -0.956. The molecule has 2 heterocycles. The van der Waals surface area contributed by atoms with E-state index in [4.69, 9.17) is 9.84 Å². The quantitative estimate of drug-likeness (QED) is 0.909. The van der Waals surface area contributed by atoms with E-state index >= 15 is 0 Å². The number of carbonyl (C=O) groups is 1.